The van der Waals surface area contributed by atoms with Gasteiger partial charge in [-0.1, -0.05) is 6.92 Å². The Morgan fingerprint density at radius 3 is 2.78 bits per heavy atom. The number of amides is 1. The second kappa shape index (κ2) is 6.40. The van der Waals surface area contributed by atoms with Gasteiger partial charge in [0.25, 0.3) is 5.91 Å². The Hall–Kier alpha value is -1.75. The van der Waals surface area contributed by atoms with Crippen LogP contribution in [0.1, 0.15) is 40.4 Å². The number of hydrogen-bond acceptors (Lipinski definition) is 2. The monoisotopic (exact) mass is 335 g/mol. The van der Waals surface area contributed by atoms with Crippen molar-refractivity contribution in [2.45, 2.75) is 33.1 Å². The SMILES string of the molecule is CCN(C(=O)c1cc2c(s1)CCC(C)C2)c1ccc(F)c(F)c1. The highest BCUT2D eigenvalue weighted by Crippen LogP contribution is 2.33. The Kier molecular flexibility index (Phi) is 4.48. The summed E-state index contributed by atoms with van der Waals surface area (Å²) in [6.07, 6.45) is 3.18. The maximum Gasteiger partial charge on any atom is 0.268 e. The smallest absolute Gasteiger partial charge is 0.268 e. The van der Waals surface area contributed by atoms with Crippen LogP contribution in [0.15, 0.2) is 24.3 Å². The van der Waals surface area contributed by atoms with Crippen molar-refractivity contribution < 1.29 is 13.6 Å². The first kappa shape index (κ1) is 16.1. The van der Waals surface area contributed by atoms with Gasteiger partial charge in [-0.3, -0.25) is 4.79 Å². The number of carbonyl (C=O) groups excluding carboxylic acids is 1. The molecule has 5 heteroatoms. The van der Waals surface area contributed by atoms with E-state index in [0.29, 0.717) is 23.0 Å². The molecule has 0 saturated carbocycles. The Bertz CT molecular complexity index is 741. The molecule has 0 fully saturated rings. The van der Waals surface area contributed by atoms with E-state index in [1.54, 1.807) is 0 Å². The molecular formula is C18H19F2NOS. The van der Waals surface area contributed by atoms with Crippen molar-refractivity contribution in [2.24, 2.45) is 5.92 Å². The Balaban J connectivity index is 1.89. The van der Waals surface area contributed by atoms with Crippen LogP contribution in [0.2, 0.25) is 0 Å². The number of benzene rings is 1. The number of rotatable bonds is 3. The van der Waals surface area contributed by atoms with E-state index in [1.165, 1.54) is 32.7 Å². The van der Waals surface area contributed by atoms with E-state index in [-0.39, 0.29) is 5.91 Å². The summed E-state index contributed by atoms with van der Waals surface area (Å²) in [4.78, 5) is 16.2. The summed E-state index contributed by atoms with van der Waals surface area (Å²) in [5.41, 5.74) is 1.65. The summed E-state index contributed by atoms with van der Waals surface area (Å²) in [5, 5.41) is 0. The first-order valence-electron chi connectivity index (χ1n) is 7.88. The quantitative estimate of drug-likeness (QED) is 0.787. The maximum atomic E-state index is 13.5. The minimum atomic E-state index is -0.937. The van der Waals surface area contributed by atoms with Gasteiger partial charge >= 0.3 is 0 Å². The number of hydrogen-bond donors (Lipinski definition) is 0. The number of thiophene rings is 1. The molecule has 1 aromatic heterocycles. The van der Waals surface area contributed by atoms with Gasteiger partial charge in [0.2, 0.25) is 0 Å². The largest absolute Gasteiger partial charge is 0.308 e. The van der Waals surface area contributed by atoms with Crippen molar-refractivity contribution in [2.75, 3.05) is 11.4 Å². The summed E-state index contributed by atoms with van der Waals surface area (Å²) in [5.74, 6) is -1.34. The fourth-order valence-electron chi connectivity index (χ4n) is 3.04. The van der Waals surface area contributed by atoms with Gasteiger partial charge in [0, 0.05) is 23.2 Å². The molecule has 0 bridgehead atoms. The minimum Gasteiger partial charge on any atom is -0.308 e. The molecule has 23 heavy (non-hydrogen) atoms. The second-order valence-electron chi connectivity index (χ2n) is 6.05. The molecule has 1 amide bonds. The highest BCUT2D eigenvalue weighted by atomic mass is 32.1. The number of carbonyl (C=O) groups is 1. The highest BCUT2D eigenvalue weighted by Gasteiger charge is 2.24. The molecule has 0 N–H and O–H groups in total. The van der Waals surface area contributed by atoms with E-state index in [2.05, 4.69) is 6.92 Å². The molecule has 2 aromatic rings. The van der Waals surface area contributed by atoms with E-state index >= 15 is 0 Å². The molecule has 1 unspecified atom stereocenters. The van der Waals surface area contributed by atoms with Crippen LogP contribution in [0.3, 0.4) is 0 Å². The predicted molar refractivity (Wildman–Crippen MR) is 89.2 cm³/mol. The number of anilines is 1. The van der Waals surface area contributed by atoms with Crippen LogP contribution in [0.25, 0.3) is 0 Å². The highest BCUT2D eigenvalue weighted by molar-refractivity contribution is 7.14. The molecular weight excluding hydrogens is 316 g/mol. The van der Waals surface area contributed by atoms with Gasteiger partial charge < -0.3 is 4.90 Å². The third-order valence-corrected chi connectivity index (χ3v) is 5.54. The first-order valence-corrected chi connectivity index (χ1v) is 8.69. The topological polar surface area (TPSA) is 20.3 Å². The summed E-state index contributed by atoms with van der Waals surface area (Å²) in [6, 6.07) is 5.55. The van der Waals surface area contributed by atoms with Gasteiger partial charge in [-0.2, -0.15) is 0 Å². The molecule has 3 rings (SSSR count). The maximum absolute atomic E-state index is 13.5. The van der Waals surface area contributed by atoms with Gasteiger partial charge in [0.15, 0.2) is 11.6 Å². The van der Waals surface area contributed by atoms with E-state index in [1.807, 2.05) is 13.0 Å². The number of halogens is 2. The van der Waals surface area contributed by atoms with Crippen LogP contribution in [0, 0.1) is 17.6 Å². The predicted octanol–water partition coefficient (Wildman–Crippen LogP) is 4.82. The van der Waals surface area contributed by atoms with Crippen LogP contribution in [0.5, 0.6) is 0 Å². The van der Waals surface area contributed by atoms with Gasteiger partial charge in [-0.05, 0) is 55.9 Å². The Morgan fingerprint density at radius 1 is 1.30 bits per heavy atom. The summed E-state index contributed by atoms with van der Waals surface area (Å²) >= 11 is 1.53. The third kappa shape index (κ3) is 3.15. The molecule has 0 radical (unpaired) electrons. The zero-order valence-electron chi connectivity index (χ0n) is 13.2. The molecule has 0 aliphatic heterocycles. The zero-order valence-corrected chi connectivity index (χ0v) is 14.1. The van der Waals surface area contributed by atoms with E-state index in [9.17, 15) is 13.6 Å². The van der Waals surface area contributed by atoms with Crippen LogP contribution < -0.4 is 4.90 Å². The Labute approximate surface area is 138 Å². The zero-order chi connectivity index (χ0) is 16.6. The van der Waals surface area contributed by atoms with Crippen molar-refractivity contribution in [1.29, 1.82) is 0 Å². The average molecular weight is 335 g/mol. The molecule has 1 aliphatic carbocycles. The van der Waals surface area contributed by atoms with Crippen molar-refractivity contribution >= 4 is 22.9 Å². The number of fused-ring (bicyclic) bond motifs is 1. The van der Waals surface area contributed by atoms with Crippen LogP contribution in [0.4, 0.5) is 14.5 Å². The normalized spacial score (nSPS) is 17.0. The summed E-state index contributed by atoms with van der Waals surface area (Å²) in [6.45, 7) is 4.46. The second-order valence-corrected chi connectivity index (χ2v) is 7.19. The van der Waals surface area contributed by atoms with Gasteiger partial charge in [-0.25, -0.2) is 8.78 Å². The third-order valence-electron chi connectivity index (χ3n) is 4.32. The van der Waals surface area contributed by atoms with Gasteiger partial charge in [-0.15, -0.1) is 11.3 Å². The van der Waals surface area contributed by atoms with Gasteiger partial charge in [0.05, 0.1) is 4.88 Å². The Morgan fingerprint density at radius 2 is 2.09 bits per heavy atom. The molecule has 0 spiro atoms. The number of aryl methyl sites for hydroxylation is 1. The average Bonchev–Trinajstić information content (AvgIpc) is 2.94. The van der Waals surface area contributed by atoms with Crippen LogP contribution in [-0.4, -0.2) is 12.5 Å². The van der Waals surface area contributed by atoms with Crippen molar-refractivity contribution in [1.82, 2.24) is 0 Å². The van der Waals surface area contributed by atoms with Crippen molar-refractivity contribution in [3.05, 3.63) is 51.2 Å². The van der Waals surface area contributed by atoms with E-state index in [0.717, 1.165) is 31.4 Å². The lowest BCUT2D eigenvalue weighted by molar-refractivity contribution is 0.0992. The standard InChI is InChI=1S/C18H19F2NOS/c1-3-21(13-5-6-14(19)15(20)10-13)18(22)17-9-12-8-11(2)4-7-16(12)23-17/h5-6,9-11H,3-4,7-8H2,1-2H3. The summed E-state index contributed by atoms with van der Waals surface area (Å²) in [7, 11) is 0. The fraction of sp³-hybridized carbons (Fsp3) is 0.389. The molecule has 1 heterocycles. The molecule has 1 atom stereocenters. The van der Waals surface area contributed by atoms with E-state index < -0.39 is 11.6 Å². The van der Waals surface area contributed by atoms with Crippen LogP contribution >= 0.6 is 11.3 Å². The molecule has 2 nitrogen and oxygen atoms in total. The molecule has 122 valence electrons. The minimum absolute atomic E-state index is 0.148. The van der Waals surface area contributed by atoms with E-state index in [4.69, 9.17) is 0 Å². The molecule has 1 aliphatic rings. The molecule has 0 saturated heterocycles. The van der Waals surface area contributed by atoms with Crippen LogP contribution in [-0.2, 0) is 12.8 Å². The number of nitrogens with zero attached hydrogens (tertiary/aromatic N) is 1. The lowest BCUT2D eigenvalue weighted by Crippen LogP contribution is -2.30. The van der Waals surface area contributed by atoms with Crippen molar-refractivity contribution in [3.8, 4) is 0 Å². The lowest BCUT2D eigenvalue weighted by atomic mass is 9.90. The fourth-order valence-corrected chi connectivity index (χ4v) is 4.20. The lowest BCUT2D eigenvalue weighted by Gasteiger charge is -2.20. The van der Waals surface area contributed by atoms with Gasteiger partial charge in [0.1, 0.15) is 0 Å². The molecule has 1 aromatic carbocycles. The first-order chi connectivity index (χ1) is 11.0. The van der Waals surface area contributed by atoms with Crippen molar-refractivity contribution in [3.63, 3.8) is 0 Å². The summed E-state index contributed by atoms with van der Waals surface area (Å²) < 4.78 is 26.6.